The first-order chi connectivity index (χ1) is 22.2. The first-order valence-corrected chi connectivity index (χ1v) is 16.4. The monoisotopic (exact) mass is 645 g/mol. The lowest BCUT2D eigenvalue weighted by molar-refractivity contribution is -0.386. The molecule has 9 nitrogen and oxygen atoms in total. The summed E-state index contributed by atoms with van der Waals surface area (Å²) >= 11 is 0. The van der Waals surface area contributed by atoms with Gasteiger partial charge in [0.05, 0.1) is 14.8 Å². The lowest BCUT2D eigenvalue weighted by atomic mass is 9.81. The van der Waals surface area contributed by atoms with Crippen molar-refractivity contribution < 1.29 is 14.8 Å². The number of nitrogens with zero attached hydrogens (tertiary/aromatic N) is 3. The van der Waals surface area contributed by atoms with Crippen molar-refractivity contribution in [3.63, 3.8) is 0 Å². The average molecular weight is 646 g/mol. The van der Waals surface area contributed by atoms with Gasteiger partial charge in [-0.2, -0.15) is 0 Å². The number of fused-ring (bicyclic) bond motifs is 12. The molecule has 0 N–H and O–H groups in total. The lowest BCUT2D eigenvalue weighted by Gasteiger charge is -2.22. The number of hydrogen-bond donors (Lipinski definition) is 0. The summed E-state index contributed by atoms with van der Waals surface area (Å²) in [5.74, 6) is 0. The fraction of sp³-hybridized carbons (Fsp3) is 0.385. The van der Waals surface area contributed by atoms with Gasteiger partial charge in [0.25, 0.3) is 17.1 Å². The predicted octanol–water partition coefficient (Wildman–Crippen LogP) is 10.0. The van der Waals surface area contributed by atoms with Crippen LogP contribution in [0.5, 0.6) is 0 Å². The Morgan fingerprint density at radius 3 is 0.854 bits per heavy atom. The minimum atomic E-state index is -0.488. The van der Waals surface area contributed by atoms with Crippen molar-refractivity contribution in [2.45, 2.75) is 97.8 Å². The van der Waals surface area contributed by atoms with E-state index in [0.717, 1.165) is 66.8 Å². The van der Waals surface area contributed by atoms with E-state index in [2.05, 4.69) is 0 Å². The van der Waals surface area contributed by atoms with Gasteiger partial charge < -0.3 is 0 Å². The summed E-state index contributed by atoms with van der Waals surface area (Å²) in [5.41, 5.74) is 12.7. The summed E-state index contributed by atoms with van der Waals surface area (Å²) in [5, 5.41) is 37.0. The zero-order valence-corrected chi connectivity index (χ0v) is 28.9. The summed E-state index contributed by atoms with van der Waals surface area (Å²) in [7, 11) is 0. The van der Waals surface area contributed by atoms with Gasteiger partial charge in [-0.05, 0) is 120 Å². The minimum absolute atomic E-state index is 0.0992. The van der Waals surface area contributed by atoms with E-state index in [0.29, 0.717) is 36.0 Å². The zero-order chi connectivity index (χ0) is 35.0. The molecule has 7 rings (SSSR count). The summed E-state index contributed by atoms with van der Waals surface area (Å²) in [6.07, 6.45) is 1.49. The molecule has 0 atom stereocenters. The molecule has 48 heavy (non-hydrogen) atoms. The second-order valence-corrected chi connectivity index (χ2v) is 16.7. The summed E-state index contributed by atoms with van der Waals surface area (Å²) in [6, 6.07) is 11.2. The molecule has 0 unspecified atom stereocenters. The molecule has 4 aromatic carbocycles. The molecule has 0 radical (unpaired) electrons. The van der Waals surface area contributed by atoms with Crippen LogP contribution < -0.4 is 0 Å². The van der Waals surface area contributed by atoms with Gasteiger partial charge in [0.2, 0.25) is 0 Å². The maximum Gasteiger partial charge on any atom is 0.273 e. The Kier molecular flexibility index (Phi) is 6.47. The molecular formula is C39H39N3O6. The third-order valence-corrected chi connectivity index (χ3v) is 10.4. The van der Waals surface area contributed by atoms with Crippen LogP contribution in [-0.4, -0.2) is 14.8 Å². The molecule has 0 amide bonds. The van der Waals surface area contributed by atoms with Gasteiger partial charge in [0.15, 0.2) is 0 Å². The molecule has 4 aromatic rings. The molecule has 3 aliphatic rings. The highest BCUT2D eigenvalue weighted by molar-refractivity contribution is 6.01. The summed E-state index contributed by atoms with van der Waals surface area (Å²) < 4.78 is 0. The SMILES string of the molecule is CC(C)(C)c1cc2c(cc1[N+](=O)[O-])Cc1c-2c2c(c3c1-c1cc(C(C)(C)C)c([N+](=O)[O-])cc1C3)-c1cc(C(C)(C)C)c([N+](=O)[O-])cc1C2. The first-order valence-electron chi connectivity index (χ1n) is 16.4. The Morgan fingerprint density at radius 1 is 0.438 bits per heavy atom. The van der Waals surface area contributed by atoms with Crippen molar-refractivity contribution in [2.24, 2.45) is 0 Å². The van der Waals surface area contributed by atoms with Crippen molar-refractivity contribution in [3.8, 4) is 33.4 Å². The molecule has 0 saturated heterocycles. The number of nitro benzene ring substituents is 3. The smallest absolute Gasteiger partial charge is 0.258 e. The van der Waals surface area contributed by atoms with Crippen LogP contribution >= 0.6 is 0 Å². The van der Waals surface area contributed by atoms with Crippen LogP contribution in [0.4, 0.5) is 17.1 Å². The standard InChI is InChI=1S/C39H39N3O6/c1-37(2,3)28-16-22-19(13-31(28)40(43)44)10-25-34(22)26-11-20-14-32(41(45)46)29(38(4,5)6)17-23(20)36(26)27-12-21-15-33(42(47)48)30(39(7,8)9)18-24(21)35(25)27/h13-18H,10-12H2,1-9H3. The Labute approximate surface area is 279 Å². The lowest BCUT2D eigenvalue weighted by Crippen LogP contribution is -2.14. The average Bonchev–Trinajstić information content (AvgIpc) is 3.63. The first kappa shape index (κ1) is 31.7. The molecule has 0 aliphatic heterocycles. The molecule has 0 saturated carbocycles. The van der Waals surface area contributed by atoms with Crippen LogP contribution in [-0.2, 0) is 35.5 Å². The number of benzene rings is 4. The molecule has 0 bridgehead atoms. The van der Waals surface area contributed by atoms with Crippen molar-refractivity contribution in [3.05, 3.63) is 117 Å². The molecular weight excluding hydrogens is 606 g/mol. The molecule has 0 heterocycles. The largest absolute Gasteiger partial charge is 0.273 e. The topological polar surface area (TPSA) is 129 Å². The Morgan fingerprint density at radius 2 is 0.667 bits per heavy atom. The van der Waals surface area contributed by atoms with E-state index in [9.17, 15) is 30.3 Å². The van der Waals surface area contributed by atoms with E-state index in [-0.39, 0.29) is 31.8 Å². The van der Waals surface area contributed by atoms with Crippen LogP contribution in [0.1, 0.15) is 112 Å². The Balaban J connectivity index is 1.61. The van der Waals surface area contributed by atoms with Gasteiger partial charge in [0.1, 0.15) is 0 Å². The Bertz CT molecular complexity index is 1920. The fourth-order valence-corrected chi connectivity index (χ4v) is 8.29. The maximum atomic E-state index is 12.3. The molecule has 246 valence electrons. The normalized spacial score (nSPS) is 14.2. The molecule has 0 aromatic heterocycles. The van der Waals surface area contributed by atoms with Crippen LogP contribution in [0.25, 0.3) is 33.4 Å². The fourth-order valence-electron chi connectivity index (χ4n) is 8.29. The van der Waals surface area contributed by atoms with E-state index in [1.807, 2.05) is 80.5 Å². The van der Waals surface area contributed by atoms with E-state index in [4.69, 9.17) is 0 Å². The molecule has 3 aliphatic carbocycles. The maximum absolute atomic E-state index is 12.3. The van der Waals surface area contributed by atoms with Gasteiger partial charge in [-0.1, -0.05) is 62.3 Å². The molecule has 0 spiro atoms. The van der Waals surface area contributed by atoms with E-state index >= 15 is 0 Å². The Hall–Kier alpha value is -4.92. The highest BCUT2D eigenvalue weighted by atomic mass is 16.6. The quantitative estimate of drug-likeness (QED) is 0.139. The number of rotatable bonds is 3. The highest BCUT2D eigenvalue weighted by Crippen LogP contribution is 2.59. The minimum Gasteiger partial charge on any atom is -0.258 e. The second-order valence-electron chi connectivity index (χ2n) is 16.7. The van der Waals surface area contributed by atoms with Crippen molar-refractivity contribution in [2.75, 3.05) is 0 Å². The molecule has 9 heteroatoms. The van der Waals surface area contributed by atoms with Gasteiger partial charge in [-0.25, -0.2) is 0 Å². The van der Waals surface area contributed by atoms with Crippen molar-refractivity contribution in [1.82, 2.24) is 0 Å². The third kappa shape index (κ3) is 4.50. The van der Waals surface area contributed by atoms with Crippen molar-refractivity contribution >= 4 is 17.1 Å². The predicted molar refractivity (Wildman–Crippen MR) is 187 cm³/mol. The zero-order valence-electron chi connectivity index (χ0n) is 28.9. The third-order valence-electron chi connectivity index (χ3n) is 10.4. The van der Waals surface area contributed by atoms with Crippen LogP contribution in [0, 0.1) is 30.3 Å². The summed E-state index contributed by atoms with van der Waals surface area (Å²) in [6.45, 7) is 17.8. The number of nitro groups is 3. The molecule has 0 fully saturated rings. The summed E-state index contributed by atoms with van der Waals surface area (Å²) in [4.78, 5) is 36.1. The van der Waals surface area contributed by atoms with Crippen LogP contribution in [0.3, 0.4) is 0 Å². The van der Waals surface area contributed by atoms with E-state index in [1.165, 1.54) is 0 Å². The van der Waals surface area contributed by atoms with Gasteiger partial charge in [0, 0.05) is 34.9 Å². The number of hydrogen-bond acceptors (Lipinski definition) is 6. The van der Waals surface area contributed by atoms with Crippen LogP contribution in [0.2, 0.25) is 0 Å². The second kappa shape index (κ2) is 9.81. The van der Waals surface area contributed by atoms with Gasteiger partial charge in [-0.15, -0.1) is 0 Å². The van der Waals surface area contributed by atoms with Crippen LogP contribution in [0.15, 0.2) is 36.4 Å². The highest BCUT2D eigenvalue weighted by Gasteiger charge is 2.42. The van der Waals surface area contributed by atoms with Crippen molar-refractivity contribution in [1.29, 1.82) is 0 Å². The van der Waals surface area contributed by atoms with Gasteiger partial charge >= 0.3 is 0 Å². The van der Waals surface area contributed by atoms with Gasteiger partial charge in [-0.3, -0.25) is 30.3 Å². The van der Waals surface area contributed by atoms with E-state index < -0.39 is 16.2 Å². The van der Waals surface area contributed by atoms with E-state index in [1.54, 1.807) is 18.2 Å².